The second-order valence-corrected chi connectivity index (χ2v) is 5.68. The quantitative estimate of drug-likeness (QED) is 0.379. The van der Waals surface area contributed by atoms with Gasteiger partial charge in [-0.25, -0.2) is 0 Å². The van der Waals surface area contributed by atoms with Gasteiger partial charge in [-0.15, -0.1) is 46.4 Å². The predicted molar refractivity (Wildman–Crippen MR) is 103 cm³/mol. The van der Waals surface area contributed by atoms with E-state index in [2.05, 4.69) is 27.7 Å². The number of hydrogen-bond donors (Lipinski definition) is 0. The van der Waals surface area contributed by atoms with Crippen LogP contribution in [0.3, 0.4) is 0 Å². The number of unbranched alkanes of at least 4 members (excludes halogenated alkanes) is 4. The standard InChI is InChI=1S/4C4H9Cl/c4*1-2-3-4-5/h4*2-4H2,1H3. The molecule has 0 bridgehead atoms. The van der Waals surface area contributed by atoms with E-state index in [9.17, 15) is 0 Å². The molecule has 4 heteroatoms. The van der Waals surface area contributed by atoms with Crippen LogP contribution in [0.2, 0.25) is 0 Å². The van der Waals surface area contributed by atoms with Crippen molar-refractivity contribution in [2.45, 2.75) is 79.1 Å². The van der Waals surface area contributed by atoms with Gasteiger partial charge in [0, 0.05) is 23.5 Å². The molecule has 0 aliphatic rings. The Morgan fingerprint density at radius 1 is 0.400 bits per heavy atom. The summed E-state index contributed by atoms with van der Waals surface area (Å²) in [5.74, 6) is 3.26. The average molecular weight is 370 g/mol. The highest BCUT2D eigenvalue weighted by atomic mass is 35.5. The lowest BCUT2D eigenvalue weighted by Crippen LogP contribution is -1.65. The SMILES string of the molecule is CCCCCl.CCCCCl.CCCCCl.CCCCCl. The first-order valence-electron chi connectivity index (χ1n) is 7.90. The lowest BCUT2D eigenvalue weighted by atomic mass is 10.4. The first-order chi connectivity index (χ1) is 9.66. The summed E-state index contributed by atoms with van der Waals surface area (Å²) in [5, 5.41) is 0. The van der Waals surface area contributed by atoms with Crippen LogP contribution in [0, 0.1) is 0 Å². The van der Waals surface area contributed by atoms with E-state index < -0.39 is 0 Å². The molecule has 0 saturated carbocycles. The van der Waals surface area contributed by atoms with E-state index >= 15 is 0 Å². The third-order valence-corrected chi connectivity index (χ3v) is 3.02. The Morgan fingerprint density at radius 2 is 0.550 bits per heavy atom. The van der Waals surface area contributed by atoms with Crippen molar-refractivity contribution in [1.29, 1.82) is 0 Å². The van der Waals surface area contributed by atoms with Gasteiger partial charge in [-0.1, -0.05) is 53.4 Å². The minimum Gasteiger partial charge on any atom is -0.127 e. The molecule has 0 heterocycles. The highest BCUT2D eigenvalue weighted by Crippen LogP contribution is 1.87. The van der Waals surface area contributed by atoms with Gasteiger partial charge in [0.25, 0.3) is 0 Å². The van der Waals surface area contributed by atoms with E-state index in [1.807, 2.05) is 0 Å². The minimum absolute atomic E-state index is 0.816. The maximum absolute atomic E-state index is 5.30. The molecule has 0 fully saturated rings. The summed E-state index contributed by atoms with van der Waals surface area (Å²) in [6, 6.07) is 0. The van der Waals surface area contributed by atoms with Crippen molar-refractivity contribution >= 4 is 46.4 Å². The smallest absolute Gasteiger partial charge is 0.0223 e. The molecular formula is C16H36Cl4. The summed E-state index contributed by atoms with van der Waals surface area (Å²) in [5.41, 5.74) is 0. The van der Waals surface area contributed by atoms with Crippen LogP contribution >= 0.6 is 46.4 Å². The predicted octanol–water partition coefficient (Wildman–Crippen LogP) is 8.10. The summed E-state index contributed by atoms with van der Waals surface area (Å²) < 4.78 is 0. The van der Waals surface area contributed by atoms with Crippen LogP contribution in [0.4, 0.5) is 0 Å². The van der Waals surface area contributed by atoms with Crippen LogP contribution < -0.4 is 0 Å². The van der Waals surface area contributed by atoms with E-state index in [1.54, 1.807) is 0 Å². The van der Waals surface area contributed by atoms with E-state index in [4.69, 9.17) is 46.4 Å². The van der Waals surface area contributed by atoms with Gasteiger partial charge in [0.15, 0.2) is 0 Å². The molecule has 0 unspecified atom stereocenters. The van der Waals surface area contributed by atoms with Gasteiger partial charge in [-0.2, -0.15) is 0 Å². The Bertz CT molecular complexity index is 68.5. The van der Waals surface area contributed by atoms with Gasteiger partial charge in [0.1, 0.15) is 0 Å². The van der Waals surface area contributed by atoms with Gasteiger partial charge in [-0.05, 0) is 25.7 Å². The van der Waals surface area contributed by atoms with Gasteiger partial charge in [0.2, 0.25) is 0 Å². The molecule has 0 saturated heterocycles. The third kappa shape index (κ3) is 75.3. The van der Waals surface area contributed by atoms with Crippen LogP contribution in [-0.4, -0.2) is 23.5 Å². The fraction of sp³-hybridized carbons (Fsp3) is 1.00. The molecule has 0 rings (SSSR count). The molecule has 0 aliphatic heterocycles. The zero-order valence-corrected chi connectivity index (χ0v) is 17.0. The molecule has 0 nitrogen and oxygen atoms in total. The van der Waals surface area contributed by atoms with Crippen LogP contribution in [0.25, 0.3) is 0 Å². The number of halogens is 4. The van der Waals surface area contributed by atoms with Crippen molar-refractivity contribution in [1.82, 2.24) is 0 Å². The average Bonchev–Trinajstić information content (AvgIpc) is 2.44. The Labute approximate surface area is 148 Å². The van der Waals surface area contributed by atoms with Crippen molar-refractivity contribution in [3.63, 3.8) is 0 Å². The molecule has 0 aromatic heterocycles. The monoisotopic (exact) mass is 368 g/mol. The highest BCUT2D eigenvalue weighted by molar-refractivity contribution is 6.18. The molecule has 0 aliphatic carbocycles. The van der Waals surface area contributed by atoms with E-state index in [0.717, 1.165) is 49.2 Å². The van der Waals surface area contributed by atoms with E-state index in [1.165, 1.54) is 25.7 Å². The lowest BCUT2D eigenvalue weighted by Gasteiger charge is -1.77. The Hall–Kier alpha value is 1.16. The molecule has 0 aromatic rings. The summed E-state index contributed by atoms with van der Waals surface area (Å²) in [4.78, 5) is 0. The van der Waals surface area contributed by atoms with Crippen LogP contribution in [-0.2, 0) is 0 Å². The maximum Gasteiger partial charge on any atom is 0.0223 e. The summed E-state index contributed by atoms with van der Waals surface area (Å²) in [6.07, 6.45) is 9.46. The summed E-state index contributed by atoms with van der Waals surface area (Å²) in [6.45, 7) is 8.51. The first-order valence-corrected chi connectivity index (χ1v) is 10.0. The van der Waals surface area contributed by atoms with Crippen molar-refractivity contribution < 1.29 is 0 Å². The van der Waals surface area contributed by atoms with Crippen LogP contribution in [0.1, 0.15) is 79.1 Å². The molecule has 0 spiro atoms. The van der Waals surface area contributed by atoms with Gasteiger partial charge in [0.05, 0.1) is 0 Å². The van der Waals surface area contributed by atoms with Crippen molar-refractivity contribution in [3.05, 3.63) is 0 Å². The molecule has 128 valence electrons. The zero-order valence-electron chi connectivity index (χ0n) is 14.0. The third-order valence-electron chi connectivity index (χ3n) is 1.95. The molecule has 0 radical (unpaired) electrons. The number of alkyl halides is 4. The minimum atomic E-state index is 0.816. The van der Waals surface area contributed by atoms with Gasteiger partial charge in [-0.3, -0.25) is 0 Å². The summed E-state index contributed by atoms with van der Waals surface area (Å²) >= 11 is 21.2. The number of hydrogen-bond acceptors (Lipinski definition) is 0. The second-order valence-electron chi connectivity index (χ2n) is 4.17. The molecule has 0 amide bonds. The Morgan fingerprint density at radius 3 is 0.550 bits per heavy atom. The molecular weight excluding hydrogens is 334 g/mol. The molecule has 0 aromatic carbocycles. The van der Waals surface area contributed by atoms with Crippen molar-refractivity contribution in [3.8, 4) is 0 Å². The molecule has 0 atom stereocenters. The number of rotatable bonds is 8. The molecule has 20 heavy (non-hydrogen) atoms. The fourth-order valence-electron chi connectivity index (χ4n) is 0.535. The van der Waals surface area contributed by atoms with E-state index in [-0.39, 0.29) is 0 Å². The van der Waals surface area contributed by atoms with E-state index in [0.29, 0.717) is 0 Å². The van der Waals surface area contributed by atoms with Gasteiger partial charge < -0.3 is 0 Å². The Balaban J connectivity index is -0.0000000853. The van der Waals surface area contributed by atoms with Gasteiger partial charge >= 0.3 is 0 Å². The van der Waals surface area contributed by atoms with Crippen LogP contribution in [0.15, 0.2) is 0 Å². The topological polar surface area (TPSA) is 0 Å². The summed E-state index contributed by atoms with van der Waals surface area (Å²) in [7, 11) is 0. The van der Waals surface area contributed by atoms with Crippen LogP contribution in [0.5, 0.6) is 0 Å². The normalized spacial score (nSPS) is 8.40. The first kappa shape index (κ1) is 29.2. The second kappa shape index (κ2) is 42.7. The lowest BCUT2D eigenvalue weighted by molar-refractivity contribution is 0.892. The van der Waals surface area contributed by atoms with Crippen molar-refractivity contribution in [2.24, 2.45) is 0 Å². The van der Waals surface area contributed by atoms with Crippen molar-refractivity contribution in [2.75, 3.05) is 23.5 Å². The largest absolute Gasteiger partial charge is 0.127 e. The zero-order chi connectivity index (χ0) is 16.5. The maximum atomic E-state index is 5.30. The highest BCUT2D eigenvalue weighted by Gasteiger charge is 1.71. The Kier molecular flexibility index (Phi) is 62.4. The fourth-order valence-corrected chi connectivity index (χ4v) is 1.60. The molecule has 0 N–H and O–H groups in total.